The fraction of sp³-hybridized carbons (Fsp3) is 0.0952. The second-order valence-corrected chi connectivity index (χ2v) is 8.81. The highest BCUT2D eigenvalue weighted by Crippen LogP contribution is 2.28. The number of sulfonamides is 1. The zero-order chi connectivity index (χ0) is 21.0. The molecule has 0 spiro atoms. The van der Waals surface area contributed by atoms with Crippen LogP contribution in [0.2, 0.25) is 10.0 Å². The molecule has 0 atom stereocenters. The highest BCUT2D eigenvalue weighted by atomic mass is 35.5. The fourth-order valence-corrected chi connectivity index (χ4v) is 4.48. The third kappa shape index (κ3) is 4.90. The smallest absolute Gasteiger partial charge is 0.278 e. The van der Waals surface area contributed by atoms with E-state index in [-0.39, 0.29) is 21.4 Å². The largest absolute Gasteiger partial charge is 0.482 e. The minimum Gasteiger partial charge on any atom is -0.482 e. The first kappa shape index (κ1) is 21.2. The fourth-order valence-electron chi connectivity index (χ4n) is 2.59. The minimum absolute atomic E-state index is 0.00143. The van der Waals surface area contributed by atoms with Crippen LogP contribution in [0, 0.1) is 6.92 Å². The van der Waals surface area contributed by atoms with Crippen LogP contribution in [0.15, 0.2) is 77.7 Å². The highest BCUT2D eigenvalue weighted by molar-refractivity contribution is 7.93. The van der Waals surface area contributed by atoms with Gasteiger partial charge in [-0.15, -0.1) is 0 Å². The first-order valence-corrected chi connectivity index (χ1v) is 10.8. The van der Waals surface area contributed by atoms with Crippen molar-refractivity contribution < 1.29 is 17.9 Å². The van der Waals surface area contributed by atoms with E-state index >= 15 is 0 Å². The molecule has 150 valence electrons. The lowest BCUT2D eigenvalue weighted by atomic mass is 10.2. The van der Waals surface area contributed by atoms with Crippen molar-refractivity contribution in [1.29, 1.82) is 0 Å². The Hall–Kier alpha value is -2.54. The standard InChI is InChI=1S/C21H17Cl2NO4S/c1-15-7-10-17(11-8-15)24(29(26,27)18-5-3-2-4-6-18)21(25)14-28-20-12-9-16(22)13-19(20)23/h2-13H,14H2,1H3. The molecule has 0 aliphatic heterocycles. The van der Waals surface area contributed by atoms with Gasteiger partial charge < -0.3 is 4.74 Å². The van der Waals surface area contributed by atoms with E-state index in [4.69, 9.17) is 27.9 Å². The van der Waals surface area contributed by atoms with Crippen LogP contribution in [0.5, 0.6) is 5.75 Å². The van der Waals surface area contributed by atoms with E-state index in [0.717, 1.165) is 9.87 Å². The molecule has 0 unspecified atom stereocenters. The Balaban J connectivity index is 1.94. The number of amides is 1. The van der Waals surface area contributed by atoms with Crippen molar-refractivity contribution in [1.82, 2.24) is 0 Å². The number of halogens is 2. The second-order valence-electron chi connectivity index (χ2n) is 6.18. The highest BCUT2D eigenvalue weighted by Gasteiger charge is 2.31. The summed E-state index contributed by atoms with van der Waals surface area (Å²) in [4.78, 5) is 13.0. The summed E-state index contributed by atoms with van der Waals surface area (Å²) in [5.74, 6) is -0.533. The summed E-state index contributed by atoms with van der Waals surface area (Å²) in [6.45, 7) is 1.34. The maximum atomic E-state index is 13.2. The number of ether oxygens (including phenoxy) is 1. The normalized spacial score (nSPS) is 11.1. The number of aryl methyl sites for hydroxylation is 1. The van der Waals surface area contributed by atoms with E-state index in [1.165, 1.54) is 24.3 Å². The van der Waals surface area contributed by atoms with Gasteiger partial charge in [-0.1, -0.05) is 59.1 Å². The number of hydrogen-bond acceptors (Lipinski definition) is 4. The van der Waals surface area contributed by atoms with E-state index in [1.54, 1.807) is 48.5 Å². The molecule has 0 fully saturated rings. The molecule has 0 aliphatic carbocycles. The average molecular weight is 450 g/mol. The summed E-state index contributed by atoms with van der Waals surface area (Å²) in [7, 11) is -4.14. The third-order valence-corrected chi connectivity index (χ3v) is 6.32. The van der Waals surface area contributed by atoms with Crippen LogP contribution in [-0.4, -0.2) is 20.9 Å². The second kappa shape index (κ2) is 8.86. The van der Waals surface area contributed by atoms with E-state index in [0.29, 0.717) is 5.02 Å². The molecule has 0 N–H and O–H groups in total. The molecule has 0 heterocycles. The van der Waals surface area contributed by atoms with Gasteiger partial charge in [-0.3, -0.25) is 4.79 Å². The van der Waals surface area contributed by atoms with E-state index in [9.17, 15) is 13.2 Å². The van der Waals surface area contributed by atoms with E-state index < -0.39 is 22.5 Å². The number of benzene rings is 3. The van der Waals surface area contributed by atoms with E-state index in [1.807, 2.05) is 6.92 Å². The van der Waals surface area contributed by atoms with Gasteiger partial charge in [0.15, 0.2) is 6.61 Å². The summed E-state index contributed by atoms with van der Waals surface area (Å²) in [5.41, 5.74) is 1.15. The van der Waals surface area contributed by atoms with Gasteiger partial charge in [0, 0.05) is 5.02 Å². The maximum absolute atomic E-state index is 13.2. The van der Waals surface area contributed by atoms with Crippen LogP contribution in [0.4, 0.5) is 5.69 Å². The van der Waals surface area contributed by atoms with Crippen LogP contribution in [-0.2, 0) is 14.8 Å². The molecule has 5 nitrogen and oxygen atoms in total. The number of hydrogen-bond donors (Lipinski definition) is 0. The topological polar surface area (TPSA) is 63.7 Å². The SMILES string of the molecule is Cc1ccc(N(C(=O)COc2ccc(Cl)cc2Cl)S(=O)(=O)c2ccccc2)cc1. The Kier molecular flexibility index (Phi) is 6.47. The predicted molar refractivity (Wildman–Crippen MR) is 114 cm³/mol. The molecule has 8 heteroatoms. The van der Waals surface area contributed by atoms with Crippen molar-refractivity contribution in [3.63, 3.8) is 0 Å². The van der Waals surface area contributed by atoms with Crippen molar-refractivity contribution in [2.24, 2.45) is 0 Å². The van der Waals surface area contributed by atoms with Crippen molar-refractivity contribution in [2.45, 2.75) is 11.8 Å². The van der Waals surface area contributed by atoms with Crippen LogP contribution < -0.4 is 9.04 Å². The molecular formula is C21H17Cl2NO4S. The first-order chi connectivity index (χ1) is 13.8. The molecule has 29 heavy (non-hydrogen) atoms. The first-order valence-electron chi connectivity index (χ1n) is 8.57. The zero-order valence-corrected chi connectivity index (χ0v) is 17.7. The van der Waals surface area contributed by atoms with Gasteiger partial charge >= 0.3 is 0 Å². The zero-order valence-electron chi connectivity index (χ0n) is 15.4. The van der Waals surface area contributed by atoms with Crippen molar-refractivity contribution in [2.75, 3.05) is 10.9 Å². The van der Waals surface area contributed by atoms with Crippen LogP contribution in [0.25, 0.3) is 0 Å². The molecule has 0 saturated carbocycles. The maximum Gasteiger partial charge on any atom is 0.278 e. The van der Waals surface area contributed by atoms with Crippen LogP contribution in [0.1, 0.15) is 5.56 Å². The van der Waals surface area contributed by atoms with Gasteiger partial charge in [0.25, 0.3) is 15.9 Å². The van der Waals surface area contributed by atoms with Gasteiger partial charge in [0.1, 0.15) is 5.75 Å². The molecule has 3 rings (SSSR count). The molecule has 3 aromatic rings. The number of anilines is 1. The van der Waals surface area contributed by atoms with Gasteiger partial charge in [-0.2, -0.15) is 4.31 Å². The Morgan fingerprint density at radius 2 is 1.62 bits per heavy atom. The lowest BCUT2D eigenvalue weighted by Crippen LogP contribution is -2.40. The van der Waals surface area contributed by atoms with Gasteiger partial charge in [-0.25, -0.2) is 8.42 Å². The summed E-state index contributed by atoms with van der Waals surface area (Å²) < 4.78 is 32.6. The summed E-state index contributed by atoms with van der Waals surface area (Å²) in [6, 6.07) is 18.9. The Morgan fingerprint density at radius 3 is 2.24 bits per heavy atom. The third-order valence-electron chi connectivity index (χ3n) is 4.02. The molecular weight excluding hydrogens is 433 g/mol. The molecule has 0 aromatic heterocycles. The Bertz CT molecular complexity index is 1120. The molecule has 0 radical (unpaired) electrons. The summed E-state index contributed by atoms with van der Waals surface area (Å²) in [6.07, 6.45) is 0. The summed E-state index contributed by atoms with van der Waals surface area (Å²) in [5, 5.41) is 0.639. The van der Waals surface area contributed by atoms with Crippen LogP contribution >= 0.6 is 23.2 Å². The molecule has 3 aromatic carbocycles. The molecule has 0 aliphatic rings. The van der Waals surface area contributed by atoms with Gasteiger partial charge in [-0.05, 0) is 49.4 Å². The quantitative estimate of drug-likeness (QED) is 0.524. The molecule has 0 bridgehead atoms. The predicted octanol–water partition coefficient (Wildman–Crippen LogP) is 5.10. The number of rotatable bonds is 6. The Morgan fingerprint density at radius 1 is 0.966 bits per heavy atom. The van der Waals surface area contributed by atoms with E-state index in [2.05, 4.69) is 0 Å². The van der Waals surface area contributed by atoms with Gasteiger partial charge in [0.05, 0.1) is 15.6 Å². The van der Waals surface area contributed by atoms with Crippen molar-refractivity contribution in [3.8, 4) is 5.75 Å². The lowest BCUT2D eigenvalue weighted by Gasteiger charge is -2.23. The molecule has 1 amide bonds. The Labute approximate surface area is 179 Å². The monoisotopic (exact) mass is 449 g/mol. The van der Waals surface area contributed by atoms with Crippen molar-refractivity contribution >= 4 is 44.8 Å². The van der Waals surface area contributed by atoms with Crippen LogP contribution in [0.3, 0.4) is 0 Å². The average Bonchev–Trinajstić information content (AvgIpc) is 2.69. The number of carbonyl (C=O) groups excluding carboxylic acids is 1. The summed E-state index contributed by atoms with van der Waals surface area (Å²) >= 11 is 11.9. The molecule has 0 saturated heterocycles. The number of nitrogens with zero attached hydrogens (tertiary/aromatic N) is 1. The van der Waals surface area contributed by atoms with Gasteiger partial charge in [0.2, 0.25) is 0 Å². The lowest BCUT2D eigenvalue weighted by molar-refractivity contribution is -0.119. The minimum atomic E-state index is -4.14. The van der Waals surface area contributed by atoms with Crippen molar-refractivity contribution in [3.05, 3.63) is 88.4 Å². The number of carbonyl (C=O) groups is 1.